The molecule has 0 spiro atoms. The first-order valence-electron chi connectivity index (χ1n) is 11.7. The Morgan fingerprint density at radius 2 is 1.54 bits per heavy atom. The van der Waals surface area contributed by atoms with Crippen molar-refractivity contribution in [3.8, 4) is 11.1 Å². The number of hydrogen-bond acceptors (Lipinski definition) is 0. The van der Waals surface area contributed by atoms with Gasteiger partial charge in [-0.05, 0) is 109 Å². The lowest BCUT2D eigenvalue weighted by molar-refractivity contribution is -0.0360. The molecule has 0 atom stereocenters. The van der Waals surface area contributed by atoms with Gasteiger partial charge >= 0.3 is 0 Å². The van der Waals surface area contributed by atoms with Crippen molar-refractivity contribution in [1.29, 1.82) is 0 Å². The van der Waals surface area contributed by atoms with Gasteiger partial charge in [0.05, 0.1) is 0 Å². The first kappa shape index (κ1) is 17.1. The molecular formula is C28H32. The van der Waals surface area contributed by atoms with Crippen molar-refractivity contribution < 1.29 is 0 Å². The Morgan fingerprint density at radius 3 is 2.21 bits per heavy atom. The van der Waals surface area contributed by atoms with Crippen LogP contribution in [-0.4, -0.2) is 0 Å². The lowest BCUT2D eigenvalue weighted by Gasteiger charge is -2.54. The van der Waals surface area contributed by atoms with Gasteiger partial charge in [0.2, 0.25) is 0 Å². The normalized spacial score (nSPS) is 32.5. The summed E-state index contributed by atoms with van der Waals surface area (Å²) in [5.74, 6) is 5.25. The molecule has 5 aliphatic rings. The third-order valence-electron chi connectivity index (χ3n) is 8.56. The highest BCUT2D eigenvalue weighted by atomic mass is 14.5. The number of fused-ring (bicyclic) bond motifs is 1. The van der Waals surface area contributed by atoms with Crippen molar-refractivity contribution in [2.45, 2.75) is 58.3 Å². The van der Waals surface area contributed by atoms with Gasteiger partial charge in [-0.2, -0.15) is 0 Å². The summed E-state index contributed by atoms with van der Waals surface area (Å²) >= 11 is 0. The highest BCUT2D eigenvalue weighted by Gasteiger charge is 2.48. The largest absolute Gasteiger partial charge is 0.0649 e. The Labute approximate surface area is 170 Å². The van der Waals surface area contributed by atoms with E-state index in [0.29, 0.717) is 0 Å². The number of hydrogen-bond donors (Lipinski definition) is 0. The third-order valence-corrected chi connectivity index (χ3v) is 8.56. The highest BCUT2D eigenvalue weighted by molar-refractivity contribution is 5.80. The molecule has 2 aromatic carbocycles. The molecule has 0 unspecified atom stereocenters. The molecule has 144 valence electrons. The van der Waals surface area contributed by atoms with Crippen LogP contribution in [0.15, 0.2) is 48.0 Å². The summed E-state index contributed by atoms with van der Waals surface area (Å²) in [6.45, 7) is 2.23. The van der Waals surface area contributed by atoms with Crippen LogP contribution < -0.4 is 0 Å². The van der Waals surface area contributed by atoms with Crippen LogP contribution >= 0.6 is 0 Å². The lowest BCUT2D eigenvalue weighted by atomic mass is 9.51. The molecule has 7 rings (SSSR count). The molecule has 5 aliphatic carbocycles. The molecule has 2 aromatic rings. The average Bonchev–Trinajstić information content (AvgIpc) is 3.13. The minimum atomic E-state index is 0.987. The van der Waals surface area contributed by atoms with Crippen molar-refractivity contribution in [3.63, 3.8) is 0 Å². The van der Waals surface area contributed by atoms with E-state index in [2.05, 4.69) is 55.5 Å². The van der Waals surface area contributed by atoms with E-state index in [-0.39, 0.29) is 0 Å². The standard InChI is InChI=1S/C28H32/c1-2-18-6-8-22(9-7-18)26-5-3-4-23-11-21(17-28(23)26)16-27-24-12-19-10-20(14-24)15-25(27)13-19/h3-9,17,19-20,24-25,27H,2,10-16H2,1H3. The molecule has 4 saturated carbocycles. The van der Waals surface area contributed by atoms with Crippen LogP contribution in [0.2, 0.25) is 0 Å². The fourth-order valence-electron chi connectivity index (χ4n) is 7.41. The van der Waals surface area contributed by atoms with Crippen molar-refractivity contribution in [1.82, 2.24) is 0 Å². The number of benzene rings is 2. The monoisotopic (exact) mass is 368 g/mol. The van der Waals surface area contributed by atoms with Gasteiger partial charge in [0.15, 0.2) is 0 Å². The molecular weight excluding hydrogens is 336 g/mol. The van der Waals surface area contributed by atoms with E-state index in [9.17, 15) is 0 Å². The summed E-state index contributed by atoms with van der Waals surface area (Å²) in [5.41, 5.74) is 9.00. The van der Waals surface area contributed by atoms with E-state index in [1.54, 1.807) is 43.2 Å². The van der Waals surface area contributed by atoms with Crippen molar-refractivity contribution in [2.24, 2.45) is 29.6 Å². The summed E-state index contributed by atoms with van der Waals surface area (Å²) in [6, 6.07) is 16.2. The summed E-state index contributed by atoms with van der Waals surface area (Å²) in [4.78, 5) is 0. The zero-order valence-electron chi connectivity index (χ0n) is 17.2. The summed E-state index contributed by atoms with van der Waals surface area (Å²) in [6.07, 6.45) is 14.0. The van der Waals surface area contributed by atoms with Crippen LogP contribution in [0, 0.1) is 29.6 Å². The van der Waals surface area contributed by atoms with Gasteiger partial charge in [0, 0.05) is 0 Å². The second kappa shape index (κ2) is 6.61. The molecule has 28 heavy (non-hydrogen) atoms. The third kappa shape index (κ3) is 2.79. The minimum absolute atomic E-state index is 0.987. The predicted octanol–water partition coefficient (Wildman–Crippen LogP) is 7.32. The maximum Gasteiger partial charge on any atom is -0.00575 e. The highest BCUT2D eigenvalue weighted by Crippen LogP contribution is 2.58. The van der Waals surface area contributed by atoms with E-state index in [1.807, 2.05) is 0 Å². The Hall–Kier alpha value is -1.82. The fraction of sp³-hybridized carbons (Fsp3) is 0.500. The van der Waals surface area contributed by atoms with Crippen LogP contribution in [0.3, 0.4) is 0 Å². The van der Waals surface area contributed by atoms with E-state index in [4.69, 9.17) is 0 Å². The fourth-order valence-corrected chi connectivity index (χ4v) is 7.41. The Balaban J connectivity index is 1.27. The van der Waals surface area contributed by atoms with E-state index < -0.39 is 0 Å². The average molecular weight is 369 g/mol. The molecule has 0 aliphatic heterocycles. The maximum absolute atomic E-state index is 2.57. The molecule has 0 heterocycles. The number of rotatable bonds is 4. The lowest BCUT2D eigenvalue weighted by Crippen LogP contribution is -2.45. The van der Waals surface area contributed by atoms with Gasteiger partial charge in [-0.15, -0.1) is 0 Å². The second-order valence-corrected chi connectivity index (χ2v) is 10.2. The Kier molecular flexibility index (Phi) is 4.03. The van der Waals surface area contributed by atoms with Crippen LogP contribution in [0.1, 0.15) is 62.1 Å². The zero-order valence-corrected chi connectivity index (χ0v) is 17.2. The van der Waals surface area contributed by atoms with Crippen LogP contribution in [-0.2, 0) is 12.8 Å². The van der Waals surface area contributed by atoms with Crippen molar-refractivity contribution in [3.05, 3.63) is 64.7 Å². The molecule has 0 amide bonds. The van der Waals surface area contributed by atoms with Crippen molar-refractivity contribution in [2.75, 3.05) is 0 Å². The van der Waals surface area contributed by atoms with Gasteiger partial charge in [-0.3, -0.25) is 0 Å². The van der Waals surface area contributed by atoms with E-state index in [1.165, 1.54) is 35.1 Å². The van der Waals surface area contributed by atoms with Gasteiger partial charge in [-0.1, -0.05) is 61.0 Å². The van der Waals surface area contributed by atoms with E-state index in [0.717, 1.165) is 36.0 Å². The minimum Gasteiger partial charge on any atom is -0.0649 e. The molecule has 0 nitrogen and oxygen atoms in total. The SMILES string of the molecule is CCc1ccc(-c2cccc3c2C=C(CC2C4CC5CC(C4)CC2C5)C3)cc1. The maximum atomic E-state index is 2.57. The molecule has 0 saturated heterocycles. The molecule has 0 heteroatoms. The predicted molar refractivity (Wildman–Crippen MR) is 118 cm³/mol. The Morgan fingerprint density at radius 1 is 0.821 bits per heavy atom. The number of allylic oxidation sites excluding steroid dienone is 1. The molecule has 4 bridgehead atoms. The van der Waals surface area contributed by atoms with Crippen LogP contribution in [0.5, 0.6) is 0 Å². The topological polar surface area (TPSA) is 0 Å². The molecule has 0 N–H and O–H groups in total. The zero-order chi connectivity index (χ0) is 18.7. The van der Waals surface area contributed by atoms with Gasteiger partial charge in [-0.25, -0.2) is 0 Å². The summed E-state index contributed by atoms with van der Waals surface area (Å²) in [7, 11) is 0. The summed E-state index contributed by atoms with van der Waals surface area (Å²) < 4.78 is 0. The van der Waals surface area contributed by atoms with Gasteiger partial charge in [0.25, 0.3) is 0 Å². The number of aryl methyl sites for hydroxylation is 1. The van der Waals surface area contributed by atoms with Gasteiger partial charge in [0.1, 0.15) is 0 Å². The summed E-state index contributed by atoms with van der Waals surface area (Å²) in [5, 5.41) is 0. The molecule has 4 fully saturated rings. The van der Waals surface area contributed by atoms with Gasteiger partial charge < -0.3 is 0 Å². The molecule has 0 aromatic heterocycles. The first-order chi connectivity index (χ1) is 13.8. The van der Waals surface area contributed by atoms with E-state index >= 15 is 0 Å². The Bertz CT molecular complexity index is 886. The smallest absolute Gasteiger partial charge is 0.00575 e. The second-order valence-electron chi connectivity index (χ2n) is 10.2. The molecule has 0 radical (unpaired) electrons. The quantitative estimate of drug-likeness (QED) is 0.530. The first-order valence-corrected chi connectivity index (χ1v) is 11.7. The van der Waals surface area contributed by atoms with Crippen LogP contribution in [0.4, 0.5) is 0 Å². The van der Waals surface area contributed by atoms with Crippen molar-refractivity contribution >= 4 is 6.08 Å². The van der Waals surface area contributed by atoms with Crippen LogP contribution in [0.25, 0.3) is 17.2 Å².